The molecule has 0 spiro atoms. The molecule has 3 aromatic rings. The first-order chi connectivity index (χ1) is 13.1. The molecule has 0 fully saturated rings. The Morgan fingerprint density at radius 1 is 1.22 bits per heavy atom. The molecule has 0 bridgehead atoms. The lowest BCUT2D eigenvalue weighted by molar-refractivity contribution is 0.253. The Kier molecular flexibility index (Phi) is 6.07. The minimum Gasteiger partial charge on any atom is -0.476 e. The summed E-state index contributed by atoms with van der Waals surface area (Å²) in [5, 5.41) is 14.2. The molecule has 0 aliphatic rings. The van der Waals surface area contributed by atoms with Gasteiger partial charge in [-0.2, -0.15) is 5.26 Å². The number of nitrogens with zero attached hydrogens (tertiary/aromatic N) is 4. The third kappa shape index (κ3) is 4.85. The third-order valence-corrected chi connectivity index (χ3v) is 4.24. The number of hydrogen-bond donors (Lipinski definition) is 1. The SMILES string of the molecule is CN(C)CCOc1cc(CNc2c(C#N)cnc3ccc(Cl)cc23)ccn1. The fourth-order valence-electron chi connectivity index (χ4n) is 2.60. The molecular weight excluding hydrogens is 362 g/mol. The Morgan fingerprint density at radius 3 is 2.85 bits per heavy atom. The second-order valence-electron chi connectivity index (χ2n) is 6.33. The van der Waals surface area contributed by atoms with Gasteiger partial charge in [-0.3, -0.25) is 4.98 Å². The van der Waals surface area contributed by atoms with Crippen LogP contribution >= 0.6 is 11.6 Å². The van der Waals surface area contributed by atoms with Crippen LogP contribution < -0.4 is 10.1 Å². The summed E-state index contributed by atoms with van der Waals surface area (Å²) >= 11 is 6.13. The van der Waals surface area contributed by atoms with E-state index in [0.29, 0.717) is 29.6 Å². The highest BCUT2D eigenvalue weighted by Gasteiger charge is 2.10. The highest BCUT2D eigenvalue weighted by atomic mass is 35.5. The van der Waals surface area contributed by atoms with Crippen molar-refractivity contribution in [3.63, 3.8) is 0 Å². The molecule has 7 heteroatoms. The predicted molar refractivity (Wildman–Crippen MR) is 107 cm³/mol. The normalized spacial score (nSPS) is 10.8. The number of rotatable bonds is 7. The number of ether oxygens (including phenoxy) is 1. The van der Waals surface area contributed by atoms with Gasteiger partial charge in [0.1, 0.15) is 12.7 Å². The molecule has 2 heterocycles. The first-order valence-electron chi connectivity index (χ1n) is 8.51. The summed E-state index contributed by atoms with van der Waals surface area (Å²) in [6, 6.07) is 11.4. The van der Waals surface area contributed by atoms with Gasteiger partial charge in [0.2, 0.25) is 5.88 Å². The number of fused-ring (bicyclic) bond motifs is 1. The van der Waals surface area contributed by atoms with E-state index in [9.17, 15) is 5.26 Å². The molecule has 27 heavy (non-hydrogen) atoms. The third-order valence-electron chi connectivity index (χ3n) is 4.01. The second-order valence-corrected chi connectivity index (χ2v) is 6.76. The number of anilines is 1. The van der Waals surface area contributed by atoms with E-state index >= 15 is 0 Å². The van der Waals surface area contributed by atoms with Gasteiger partial charge in [-0.05, 0) is 43.9 Å². The largest absolute Gasteiger partial charge is 0.476 e. The van der Waals surface area contributed by atoms with Gasteiger partial charge in [-0.1, -0.05) is 11.6 Å². The molecule has 0 saturated carbocycles. The maximum Gasteiger partial charge on any atom is 0.213 e. The van der Waals surface area contributed by atoms with Crippen LogP contribution in [0.5, 0.6) is 5.88 Å². The number of pyridine rings is 2. The Hall–Kier alpha value is -2.88. The smallest absolute Gasteiger partial charge is 0.213 e. The lowest BCUT2D eigenvalue weighted by atomic mass is 10.1. The summed E-state index contributed by atoms with van der Waals surface area (Å²) in [7, 11) is 3.99. The van der Waals surface area contributed by atoms with Crippen molar-refractivity contribution in [3.8, 4) is 11.9 Å². The summed E-state index contributed by atoms with van der Waals surface area (Å²) < 4.78 is 5.68. The second kappa shape index (κ2) is 8.67. The molecular formula is C20H20ClN5O. The molecule has 0 amide bonds. The number of likely N-dealkylation sites (N-methyl/N-ethyl adjacent to an activating group) is 1. The number of benzene rings is 1. The van der Waals surface area contributed by atoms with E-state index in [1.807, 2.05) is 38.4 Å². The lowest BCUT2D eigenvalue weighted by Crippen LogP contribution is -2.19. The summed E-state index contributed by atoms with van der Waals surface area (Å²) in [6.45, 7) is 1.91. The molecule has 2 aromatic heterocycles. The summed E-state index contributed by atoms with van der Waals surface area (Å²) in [5.41, 5.74) is 2.97. The van der Waals surface area contributed by atoms with Gasteiger partial charge in [0.05, 0.1) is 16.8 Å². The van der Waals surface area contributed by atoms with Gasteiger partial charge in [0.15, 0.2) is 0 Å². The van der Waals surface area contributed by atoms with Gasteiger partial charge in [0.25, 0.3) is 0 Å². The van der Waals surface area contributed by atoms with E-state index < -0.39 is 0 Å². The zero-order valence-electron chi connectivity index (χ0n) is 15.2. The van der Waals surface area contributed by atoms with Crippen molar-refractivity contribution in [2.75, 3.05) is 32.6 Å². The maximum atomic E-state index is 9.43. The van der Waals surface area contributed by atoms with Crippen molar-refractivity contribution in [3.05, 3.63) is 58.9 Å². The Bertz CT molecular complexity index is 984. The van der Waals surface area contributed by atoms with E-state index in [-0.39, 0.29) is 0 Å². The van der Waals surface area contributed by atoms with Crippen molar-refractivity contribution in [2.24, 2.45) is 0 Å². The number of hydrogen-bond acceptors (Lipinski definition) is 6. The van der Waals surface area contributed by atoms with Gasteiger partial charge < -0.3 is 15.0 Å². The van der Waals surface area contributed by atoms with E-state index in [1.54, 1.807) is 18.5 Å². The fourth-order valence-corrected chi connectivity index (χ4v) is 2.77. The van der Waals surface area contributed by atoms with Gasteiger partial charge in [-0.25, -0.2) is 4.98 Å². The van der Waals surface area contributed by atoms with Crippen LogP contribution in [0.1, 0.15) is 11.1 Å². The maximum absolute atomic E-state index is 9.43. The molecule has 0 aliphatic carbocycles. The van der Waals surface area contributed by atoms with Gasteiger partial charge in [0, 0.05) is 42.0 Å². The molecule has 0 aliphatic heterocycles. The Balaban J connectivity index is 1.79. The van der Waals surface area contributed by atoms with Crippen LogP contribution in [0.4, 0.5) is 5.69 Å². The monoisotopic (exact) mass is 381 g/mol. The first kappa shape index (κ1) is 18.9. The molecule has 3 rings (SSSR count). The quantitative estimate of drug-likeness (QED) is 0.672. The Labute approximate surface area is 163 Å². The van der Waals surface area contributed by atoms with Crippen molar-refractivity contribution >= 4 is 28.2 Å². The zero-order chi connectivity index (χ0) is 19.2. The van der Waals surface area contributed by atoms with Crippen LogP contribution in [0.2, 0.25) is 5.02 Å². The predicted octanol–water partition coefficient (Wildman–Crippen LogP) is 3.71. The molecule has 0 unspecified atom stereocenters. The standard InChI is InChI=1S/C20H20ClN5O/c1-26(2)7-8-27-19-9-14(5-6-23-19)12-25-20-15(11-22)13-24-18-4-3-16(21)10-17(18)20/h3-6,9-10,13H,7-8,12H2,1-2H3,(H,24,25). The van der Waals surface area contributed by atoms with Crippen LogP contribution in [-0.2, 0) is 6.54 Å². The zero-order valence-corrected chi connectivity index (χ0v) is 16.0. The molecule has 0 saturated heterocycles. The average molecular weight is 382 g/mol. The molecule has 1 N–H and O–H groups in total. The van der Waals surface area contributed by atoms with Crippen LogP contribution in [0.3, 0.4) is 0 Å². The topological polar surface area (TPSA) is 74.1 Å². The first-order valence-corrected chi connectivity index (χ1v) is 8.89. The van der Waals surface area contributed by atoms with Crippen LogP contribution in [-0.4, -0.2) is 42.1 Å². The number of nitrogens with one attached hydrogen (secondary N) is 1. The highest BCUT2D eigenvalue weighted by molar-refractivity contribution is 6.31. The van der Waals surface area contributed by atoms with E-state index in [0.717, 1.165) is 28.7 Å². The minimum absolute atomic E-state index is 0.473. The van der Waals surface area contributed by atoms with Crippen molar-refractivity contribution in [2.45, 2.75) is 6.54 Å². The number of halogens is 1. The van der Waals surface area contributed by atoms with Gasteiger partial charge >= 0.3 is 0 Å². The van der Waals surface area contributed by atoms with Crippen LogP contribution in [0, 0.1) is 11.3 Å². The molecule has 138 valence electrons. The highest BCUT2D eigenvalue weighted by Crippen LogP contribution is 2.28. The lowest BCUT2D eigenvalue weighted by Gasteiger charge is -2.13. The van der Waals surface area contributed by atoms with Crippen molar-refractivity contribution in [1.82, 2.24) is 14.9 Å². The van der Waals surface area contributed by atoms with Crippen LogP contribution in [0.25, 0.3) is 10.9 Å². The Morgan fingerprint density at radius 2 is 2.07 bits per heavy atom. The number of aromatic nitrogens is 2. The average Bonchev–Trinajstić information content (AvgIpc) is 2.66. The summed E-state index contributed by atoms with van der Waals surface area (Å²) in [4.78, 5) is 10.6. The van der Waals surface area contributed by atoms with Crippen molar-refractivity contribution in [1.29, 1.82) is 5.26 Å². The van der Waals surface area contributed by atoms with Gasteiger partial charge in [-0.15, -0.1) is 0 Å². The fraction of sp³-hybridized carbons (Fsp3) is 0.250. The number of nitriles is 1. The molecule has 0 radical (unpaired) electrons. The van der Waals surface area contributed by atoms with E-state index in [4.69, 9.17) is 16.3 Å². The minimum atomic E-state index is 0.473. The molecule has 1 aromatic carbocycles. The summed E-state index contributed by atoms with van der Waals surface area (Å²) in [5.74, 6) is 0.583. The van der Waals surface area contributed by atoms with Crippen molar-refractivity contribution < 1.29 is 4.74 Å². The van der Waals surface area contributed by atoms with E-state index in [2.05, 4.69) is 26.3 Å². The van der Waals surface area contributed by atoms with E-state index in [1.165, 1.54) is 0 Å². The van der Waals surface area contributed by atoms with Crippen LogP contribution in [0.15, 0.2) is 42.7 Å². The molecule has 6 nitrogen and oxygen atoms in total. The molecule has 0 atom stereocenters. The summed E-state index contributed by atoms with van der Waals surface area (Å²) in [6.07, 6.45) is 3.29.